The average molecular weight is 388 g/mol. The summed E-state index contributed by atoms with van der Waals surface area (Å²) in [4.78, 5) is 51.7. The Kier molecular flexibility index (Phi) is 5.64. The highest BCUT2D eigenvalue weighted by Crippen LogP contribution is 2.34. The lowest BCUT2D eigenvalue weighted by atomic mass is 10.0. The highest BCUT2D eigenvalue weighted by atomic mass is 16.5. The summed E-state index contributed by atoms with van der Waals surface area (Å²) in [7, 11) is 0. The van der Waals surface area contributed by atoms with E-state index in [1.807, 2.05) is 6.92 Å². The van der Waals surface area contributed by atoms with Crippen LogP contribution in [-0.4, -0.2) is 52.2 Å². The summed E-state index contributed by atoms with van der Waals surface area (Å²) >= 11 is 0. The summed E-state index contributed by atoms with van der Waals surface area (Å²) in [6, 6.07) is 4.18. The third-order valence-electron chi connectivity index (χ3n) is 5.04. The van der Waals surface area contributed by atoms with E-state index in [-0.39, 0.29) is 37.8 Å². The van der Waals surface area contributed by atoms with Crippen molar-refractivity contribution in [2.24, 2.45) is 11.5 Å². The van der Waals surface area contributed by atoms with Crippen LogP contribution in [0.1, 0.15) is 48.5 Å². The van der Waals surface area contributed by atoms with Gasteiger partial charge >= 0.3 is 0 Å². The Labute approximate surface area is 162 Å². The molecule has 0 aliphatic carbocycles. The Morgan fingerprint density at radius 3 is 2.75 bits per heavy atom. The van der Waals surface area contributed by atoms with Gasteiger partial charge in [-0.1, -0.05) is 19.4 Å². The van der Waals surface area contributed by atoms with Crippen molar-refractivity contribution in [2.45, 2.75) is 51.4 Å². The minimum absolute atomic E-state index is 0.152. The predicted octanol–water partition coefficient (Wildman–Crippen LogP) is 0.109. The Morgan fingerprint density at radius 1 is 1.32 bits per heavy atom. The Bertz CT molecular complexity index is 825. The third-order valence-corrected chi connectivity index (χ3v) is 5.04. The molecule has 1 aromatic carbocycles. The number of rotatable bonds is 7. The van der Waals surface area contributed by atoms with Gasteiger partial charge in [-0.05, 0) is 25.0 Å². The number of ether oxygens (including phenoxy) is 1. The number of fused-ring (bicyclic) bond motifs is 1. The van der Waals surface area contributed by atoms with Crippen LogP contribution in [0.2, 0.25) is 0 Å². The van der Waals surface area contributed by atoms with Crippen molar-refractivity contribution in [1.29, 1.82) is 0 Å². The normalized spacial score (nSPS) is 20.4. The van der Waals surface area contributed by atoms with Crippen LogP contribution in [0.25, 0.3) is 0 Å². The molecule has 0 bridgehead atoms. The van der Waals surface area contributed by atoms with Gasteiger partial charge in [-0.2, -0.15) is 0 Å². The highest BCUT2D eigenvalue weighted by Gasteiger charge is 2.44. The molecule has 2 unspecified atom stereocenters. The van der Waals surface area contributed by atoms with E-state index >= 15 is 0 Å². The fraction of sp³-hybridized carbons (Fsp3) is 0.474. The molecule has 2 atom stereocenters. The smallest absolute Gasteiger partial charge is 0.255 e. The zero-order valence-electron chi connectivity index (χ0n) is 15.7. The molecule has 9 heteroatoms. The molecule has 0 radical (unpaired) electrons. The molecule has 4 N–H and O–H groups in total. The first kappa shape index (κ1) is 19.8. The topological polar surface area (TPSA) is 136 Å². The average Bonchev–Trinajstić information content (AvgIpc) is 2.97. The second-order valence-corrected chi connectivity index (χ2v) is 6.98. The highest BCUT2D eigenvalue weighted by molar-refractivity contribution is 6.05. The number of imide groups is 1. The first-order valence-corrected chi connectivity index (χ1v) is 9.30. The van der Waals surface area contributed by atoms with Crippen molar-refractivity contribution in [3.63, 3.8) is 0 Å². The Balaban J connectivity index is 1.83. The number of likely N-dealkylation sites (tertiary alicyclic amines) is 1. The van der Waals surface area contributed by atoms with Crippen molar-refractivity contribution in [3.05, 3.63) is 29.3 Å². The molecule has 150 valence electrons. The van der Waals surface area contributed by atoms with E-state index in [0.717, 1.165) is 11.3 Å². The maximum atomic E-state index is 13.0. The number of nitrogens with zero attached hydrogens (tertiary/aromatic N) is 2. The zero-order valence-corrected chi connectivity index (χ0v) is 15.7. The van der Waals surface area contributed by atoms with Crippen LogP contribution in [0.4, 0.5) is 0 Å². The van der Waals surface area contributed by atoms with Crippen molar-refractivity contribution in [3.8, 4) is 5.75 Å². The second-order valence-electron chi connectivity index (χ2n) is 6.98. The molecule has 1 aromatic rings. The molecule has 1 fully saturated rings. The van der Waals surface area contributed by atoms with Gasteiger partial charge in [-0.15, -0.1) is 0 Å². The molecule has 0 spiro atoms. The van der Waals surface area contributed by atoms with E-state index in [9.17, 15) is 19.2 Å². The fourth-order valence-electron chi connectivity index (χ4n) is 3.71. The molecule has 9 nitrogen and oxygen atoms in total. The van der Waals surface area contributed by atoms with Gasteiger partial charge in [0, 0.05) is 17.5 Å². The molecule has 0 aromatic heterocycles. The van der Waals surface area contributed by atoms with Crippen molar-refractivity contribution < 1.29 is 23.9 Å². The largest absolute Gasteiger partial charge is 0.483 e. The number of carbonyl (C=O) groups is 4. The lowest BCUT2D eigenvalue weighted by Gasteiger charge is -2.38. The van der Waals surface area contributed by atoms with Crippen molar-refractivity contribution in [1.82, 2.24) is 9.80 Å². The first-order valence-electron chi connectivity index (χ1n) is 9.30. The summed E-state index contributed by atoms with van der Waals surface area (Å²) in [5, 5.41) is 0. The number of nitrogens with two attached hydrogens (primary N) is 2. The van der Waals surface area contributed by atoms with Crippen molar-refractivity contribution in [2.75, 3.05) is 6.61 Å². The van der Waals surface area contributed by atoms with Gasteiger partial charge in [0.05, 0.1) is 12.7 Å². The monoisotopic (exact) mass is 388 g/mol. The van der Waals surface area contributed by atoms with Gasteiger partial charge in [0.1, 0.15) is 11.8 Å². The molecule has 28 heavy (non-hydrogen) atoms. The molecule has 1 saturated heterocycles. The van der Waals surface area contributed by atoms with Crippen LogP contribution >= 0.6 is 0 Å². The van der Waals surface area contributed by atoms with Gasteiger partial charge < -0.3 is 21.1 Å². The molecule has 2 aliphatic rings. The predicted molar refractivity (Wildman–Crippen MR) is 98.8 cm³/mol. The SMILES string of the molecule is CCCC(N)N1C(=O)CCC(N2Cc3c(OCC(N)=O)cccc3C2=O)C1=O. The fourth-order valence-corrected chi connectivity index (χ4v) is 3.71. The minimum Gasteiger partial charge on any atom is -0.483 e. The standard InChI is InChI=1S/C19H24N4O5/c1-2-4-15(20)23-17(25)8-7-13(19(23)27)22-9-12-11(18(22)26)5-3-6-14(12)28-10-16(21)24/h3,5-6,13,15H,2,4,7-10,20H2,1H3,(H2,21,24). The number of carbonyl (C=O) groups excluding carboxylic acids is 4. The maximum Gasteiger partial charge on any atom is 0.255 e. The molecule has 3 rings (SSSR count). The van der Waals surface area contributed by atoms with Gasteiger partial charge in [-0.25, -0.2) is 0 Å². The first-order chi connectivity index (χ1) is 13.3. The number of amides is 4. The number of primary amides is 1. The lowest BCUT2D eigenvalue weighted by molar-refractivity contribution is -0.155. The van der Waals surface area contributed by atoms with Crippen molar-refractivity contribution >= 4 is 23.6 Å². The Hall–Kier alpha value is -2.94. The second kappa shape index (κ2) is 7.97. The van der Waals surface area contributed by atoms with E-state index in [0.29, 0.717) is 23.3 Å². The van der Waals surface area contributed by atoms with Gasteiger partial charge in [0.15, 0.2) is 6.61 Å². The molecule has 2 heterocycles. The summed E-state index contributed by atoms with van der Waals surface area (Å²) in [5.41, 5.74) is 12.2. The summed E-state index contributed by atoms with van der Waals surface area (Å²) in [6.07, 6.45) is 0.951. The summed E-state index contributed by atoms with van der Waals surface area (Å²) in [5.74, 6) is -1.31. The third kappa shape index (κ3) is 3.57. The molecular formula is C19H24N4O5. The minimum atomic E-state index is -0.760. The van der Waals surface area contributed by atoms with Crippen LogP contribution in [0, 0.1) is 0 Å². The van der Waals surface area contributed by atoms with Gasteiger partial charge in [0.2, 0.25) is 5.91 Å². The van der Waals surface area contributed by atoms with E-state index in [2.05, 4.69) is 0 Å². The maximum absolute atomic E-state index is 13.0. The molecular weight excluding hydrogens is 364 g/mol. The van der Waals surface area contributed by atoms with Gasteiger partial charge in [0.25, 0.3) is 17.7 Å². The van der Waals surface area contributed by atoms with Crippen LogP contribution in [0.5, 0.6) is 5.75 Å². The van der Waals surface area contributed by atoms with Crippen LogP contribution in [-0.2, 0) is 20.9 Å². The number of piperidine rings is 1. The Morgan fingerprint density at radius 2 is 2.07 bits per heavy atom. The number of hydrogen-bond acceptors (Lipinski definition) is 6. The number of hydrogen-bond donors (Lipinski definition) is 2. The van der Waals surface area contributed by atoms with E-state index in [4.69, 9.17) is 16.2 Å². The molecule has 2 aliphatic heterocycles. The van der Waals surface area contributed by atoms with Gasteiger partial charge in [-0.3, -0.25) is 24.1 Å². The quantitative estimate of drug-likeness (QED) is 0.636. The van der Waals surface area contributed by atoms with Crippen LogP contribution in [0.15, 0.2) is 18.2 Å². The van der Waals surface area contributed by atoms with E-state index in [1.165, 1.54) is 4.90 Å². The summed E-state index contributed by atoms with van der Waals surface area (Å²) < 4.78 is 5.41. The van der Waals surface area contributed by atoms with Crippen LogP contribution < -0.4 is 16.2 Å². The molecule has 0 saturated carbocycles. The van der Waals surface area contributed by atoms with E-state index < -0.39 is 24.0 Å². The van der Waals surface area contributed by atoms with E-state index in [1.54, 1.807) is 18.2 Å². The lowest BCUT2D eigenvalue weighted by Crippen LogP contribution is -2.59. The van der Waals surface area contributed by atoms with Crippen LogP contribution in [0.3, 0.4) is 0 Å². The summed E-state index contributed by atoms with van der Waals surface area (Å²) in [6.45, 7) is 1.77. The number of benzene rings is 1. The zero-order chi connectivity index (χ0) is 20.4. The molecule has 4 amide bonds.